The lowest BCUT2D eigenvalue weighted by Crippen LogP contribution is -2.41. The molecule has 40 heavy (non-hydrogen) atoms. The van der Waals surface area contributed by atoms with E-state index in [-0.39, 0.29) is 0 Å². The van der Waals surface area contributed by atoms with E-state index < -0.39 is 0 Å². The van der Waals surface area contributed by atoms with E-state index in [0.717, 1.165) is 61.2 Å². The Labute approximate surface area is 236 Å². The molecule has 8 heteroatoms. The third kappa shape index (κ3) is 4.25. The summed E-state index contributed by atoms with van der Waals surface area (Å²) in [5.74, 6) is 0. The molecule has 0 bridgehead atoms. The first kappa shape index (κ1) is 23.7. The minimum atomic E-state index is 0.817. The van der Waals surface area contributed by atoms with Gasteiger partial charge in [0.1, 0.15) is 0 Å². The maximum absolute atomic E-state index is 5.59. The van der Waals surface area contributed by atoms with Crippen molar-refractivity contribution in [1.29, 1.82) is 0 Å². The first-order valence-corrected chi connectivity index (χ1v) is 14.5. The van der Waals surface area contributed by atoms with Crippen LogP contribution in [0.5, 0.6) is 0 Å². The number of hydrogen-bond acceptors (Lipinski definition) is 6. The maximum atomic E-state index is 5.59. The van der Waals surface area contributed by atoms with Gasteiger partial charge in [-0.1, -0.05) is 48.2 Å². The van der Waals surface area contributed by atoms with Crippen LogP contribution in [0.25, 0.3) is 44.1 Å². The standard InChI is InChI=1S/C32H28N6OS/c1-3-25-19-33-35-27(25)15-21(1)23-5-7-29-31(17-23)40-32-18-24(22-2-4-26-20-34-36-28(26)16-22)6-8-30(32)38(29)10-9-37-11-13-39-14-12-37/h1-8,15-20H,9-14H2,(H,33,35)(H,34,36). The van der Waals surface area contributed by atoms with Crippen LogP contribution >= 0.6 is 11.8 Å². The van der Waals surface area contributed by atoms with Crippen LogP contribution in [-0.2, 0) is 4.74 Å². The van der Waals surface area contributed by atoms with E-state index in [1.807, 2.05) is 24.2 Å². The molecule has 0 atom stereocenters. The minimum absolute atomic E-state index is 0.817. The van der Waals surface area contributed by atoms with Gasteiger partial charge in [-0.15, -0.1) is 0 Å². The van der Waals surface area contributed by atoms with Gasteiger partial charge in [0.05, 0.1) is 48.0 Å². The van der Waals surface area contributed by atoms with Gasteiger partial charge in [-0.3, -0.25) is 15.1 Å². The first-order valence-electron chi connectivity index (χ1n) is 13.7. The Kier molecular flexibility index (Phi) is 5.83. The summed E-state index contributed by atoms with van der Waals surface area (Å²) in [4.78, 5) is 7.56. The molecule has 0 saturated carbocycles. The number of rotatable bonds is 5. The molecule has 198 valence electrons. The van der Waals surface area contributed by atoms with E-state index in [4.69, 9.17) is 4.74 Å². The molecular formula is C32H28N6OS. The summed E-state index contributed by atoms with van der Waals surface area (Å²) >= 11 is 1.86. The van der Waals surface area contributed by atoms with Crippen molar-refractivity contribution < 1.29 is 4.74 Å². The SMILES string of the molecule is c1cc2c(cc1-c1ccc3cn[nH]c3c1)Sc1cc(-c3ccc4cn[nH]c4c3)ccc1N2CCN1CCOCC1. The van der Waals surface area contributed by atoms with Crippen LogP contribution in [0.4, 0.5) is 11.4 Å². The summed E-state index contributed by atoms with van der Waals surface area (Å²) in [6, 6.07) is 26.8. The zero-order valence-corrected chi connectivity index (χ0v) is 22.7. The van der Waals surface area contributed by atoms with E-state index in [0.29, 0.717) is 0 Å². The average Bonchev–Trinajstić information content (AvgIpc) is 3.68. The summed E-state index contributed by atoms with van der Waals surface area (Å²) in [6.07, 6.45) is 3.74. The van der Waals surface area contributed by atoms with Crippen molar-refractivity contribution in [2.75, 3.05) is 44.3 Å². The largest absolute Gasteiger partial charge is 0.379 e. The van der Waals surface area contributed by atoms with Crippen LogP contribution < -0.4 is 4.90 Å². The Morgan fingerprint density at radius 2 is 1.18 bits per heavy atom. The fourth-order valence-electron chi connectivity index (χ4n) is 5.79. The van der Waals surface area contributed by atoms with E-state index in [1.165, 1.54) is 43.4 Å². The second-order valence-electron chi connectivity index (χ2n) is 10.4. The fourth-order valence-corrected chi connectivity index (χ4v) is 6.96. The van der Waals surface area contributed by atoms with Crippen LogP contribution in [0, 0.1) is 0 Å². The average molecular weight is 545 g/mol. The van der Waals surface area contributed by atoms with Crippen LogP contribution in [0.3, 0.4) is 0 Å². The van der Waals surface area contributed by atoms with Crippen molar-refractivity contribution >= 4 is 44.9 Å². The number of hydrogen-bond donors (Lipinski definition) is 2. The van der Waals surface area contributed by atoms with Crippen molar-refractivity contribution in [2.45, 2.75) is 9.79 Å². The molecule has 8 rings (SSSR count). The molecule has 2 aliphatic rings. The van der Waals surface area contributed by atoms with Crippen molar-refractivity contribution in [3.63, 3.8) is 0 Å². The van der Waals surface area contributed by atoms with Crippen LogP contribution in [-0.4, -0.2) is 64.7 Å². The molecule has 2 N–H and O–H groups in total. The highest BCUT2D eigenvalue weighted by Crippen LogP contribution is 2.50. The Morgan fingerprint density at radius 3 is 1.75 bits per heavy atom. The van der Waals surface area contributed by atoms with Gasteiger partial charge in [0.2, 0.25) is 0 Å². The van der Waals surface area contributed by atoms with E-state index >= 15 is 0 Å². The molecule has 6 aromatic rings. The predicted octanol–water partition coefficient (Wildman–Crippen LogP) is 6.71. The number of H-pyrrole nitrogens is 2. The van der Waals surface area contributed by atoms with Gasteiger partial charge in [0, 0.05) is 46.7 Å². The van der Waals surface area contributed by atoms with E-state index in [2.05, 4.69) is 103 Å². The van der Waals surface area contributed by atoms with Gasteiger partial charge in [-0.05, 0) is 58.7 Å². The number of nitrogens with one attached hydrogen (secondary N) is 2. The smallest absolute Gasteiger partial charge is 0.0656 e. The second kappa shape index (κ2) is 9.82. The summed E-state index contributed by atoms with van der Waals surface area (Å²) in [5, 5.41) is 16.9. The molecular weight excluding hydrogens is 516 g/mol. The number of morpholine rings is 1. The number of nitrogens with zero attached hydrogens (tertiary/aromatic N) is 4. The van der Waals surface area contributed by atoms with Gasteiger partial charge in [0.15, 0.2) is 0 Å². The third-order valence-corrected chi connectivity index (χ3v) is 9.11. The van der Waals surface area contributed by atoms with Crippen molar-refractivity contribution in [3.8, 4) is 22.3 Å². The summed E-state index contributed by atoms with van der Waals surface area (Å²) < 4.78 is 5.59. The van der Waals surface area contributed by atoms with Crippen molar-refractivity contribution in [2.24, 2.45) is 0 Å². The Hall–Kier alpha value is -4.11. The number of aromatic nitrogens is 4. The molecule has 2 aromatic heterocycles. The topological polar surface area (TPSA) is 73.1 Å². The molecule has 0 unspecified atom stereocenters. The molecule has 0 aliphatic carbocycles. The summed E-state index contributed by atoms with van der Waals surface area (Å²) in [5.41, 5.74) is 9.44. The lowest BCUT2D eigenvalue weighted by atomic mass is 10.0. The molecule has 0 amide bonds. The number of ether oxygens (including phenoxy) is 1. The Morgan fingerprint density at radius 1 is 0.650 bits per heavy atom. The quantitative estimate of drug-likeness (QED) is 0.251. The highest BCUT2D eigenvalue weighted by molar-refractivity contribution is 7.99. The zero-order chi connectivity index (χ0) is 26.5. The van der Waals surface area contributed by atoms with Gasteiger partial charge >= 0.3 is 0 Å². The molecule has 7 nitrogen and oxygen atoms in total. The van der Waals surface area contributed by atoms with Crippen molar-refractivity contribution in [3.05, 3.63) is 85.2 Å². The Balaban J connectivity index is 1.18. The number of fused-ring (bicyclic) bond motifs is 4. The summed E-state index contributed by atoms with van der Waals surface area (Å²) in [6.45, 7) is 5.55. The maximum Gasteiger partial charge on any atom is 0.0656 e. The molecule has 0 radical (unpaired) electrons. The number of aromatic amines is 2. The zero-order valence-electron chi connectivity index (χ0n) is 21.9. The van der Waals surface area contributed by atoms with E-state index in [9.17, 15) is 0 Å². The summed E-state index contributed by atoms with van der Waals surface area (Å²) in [7, 11) is 0. The predicted molar refractivity (Wildman–Crippen MR) is 161 cm³/mol. The van der Waals surface area contributed by atoms with Crippen LogP contribution in [0.1, 0.15) is 0 Å². The van der Waals surface area contributed by atoms with Crippen LogP contribution in [0.2, 0.25) is 0 Å². The monoisotopic (exact) mass is 544 g/mol. The van der Waals surface area contributed by atoms with Gasteiger partial charge in [-0.2, -0.15) is 10.2 Å². The second-order valence-corrected chi connectivity index (χ2v) is 11.5. The lowest BCUT2D eigenvalue weighted by Gasteiger charge is -2.36. The van der Waals surface area contributed by atoms with Crippen molar-refractivity contribution in [1.82, 2.24) is 25.3 Å². The highest BCUT2D eigenvalue weighted by Gasteiger charge is 2.25. The highest BCUT2D eigenvalue weighted by atomic mass is 32.2. The molecule has 1 saturated heterocycles. The molecule has 4 heterocycles. The van der Waals surface area contributed by atoms with Crippen LogP contribution in [0.15, 0.2) is 95.0 Å². The fraction of sp³-hybridized carbons (Fsp3) is 0.188. The van der Waals surface area contributed by atoms with Gasteiger partial charge in [-0.25, -0.2) is 0 Å². The third-order valence-electron chi connectivity index (χ3n) is 8.02. The van der Waals surface area contributed by atoms with E-state index in [1.54, 1.807) is 0 Å². The lowest BCUT2D eigenvalue weighted by molar-refractivity contribution is 0.0394. The normalized spacial score (nSPS) is 15.4. The first-order chi connectivity index (χ1) is 19.8. The Bertz CT molecular complexity index is 1730. The molecule has 1 fully saturated rings. The minimum Gasteiger partial charge on any atom is -0.379 e. The van der Waals surface area contributed by atoms with Gasteiger partial charge < -0.3 is 9.64 Å². The molecule has 0 spiro atoms. The number of anilines is 2. The molecule has 2 aliphatic heterocycles. The van der Waals surface area contributed by atoms with Gasteiger partial charge in [0.25, 0.3) is 0 Å². The molecule has 4 aromatic carbocycles. The number of benzene rings is 4.